The van der Waals surface area contributed by atoms with E-state index in [1.807, 2.05) is 54.9 Å². The second kappa shape index (κ2) is 6.41. The van der Waals surface area contributed by atoms with E-state index in [2.05, 4.69) is 10.3 Å². The number of nitrogen functional groups attached to an aromatic ring is 1. The summed E-state index contributed by atoms with van der Waals surface area (Å²) in [6.45, 7) is 2.85. The van der Waals surface area contributed by atoms with Crippen molar-refractivity contribution in [1.29, 1.82) is 0 Å². The Morgan fingerprint density at radius 2 is 2.24 bits per heavy atom. The second-order valence-electron chi connectivity index (χ2n) is 5.27. The van der Waals surface area contributed by atoms with Gasteiger partial charge < -0.3 is 15.6 Å². The maximum atomic E-state index is 12.0. The van der Waals surface area contributed by atoms with Crippen LogP contribution in [0.5, 0.6) is 0 Å². The zero-order valence-corrected chi connectivity index (χ0v) is 12.6. The smallest absolute Gasteiger partial charge is 0.238 e. The predicted molar refractivity (Wildman–Crippen MR) is 83.8 cm³/mol. The molecule has 0 spiro atoms. The zero-order valence-electron chi connectivity index (χ0n) is 12.6. The highest BCUT2D eigenvalue weighted by Gasteiger charge is 2.10. The maximum Gasteiger partial charge on any atom is 0.238 e. The van der Waals surface area contributed by atoms with Crippen molar-refractivity contribution >= 4 is 17.3 Å². The van der Waals surface area contributed by atoms with E-state index in [-0.39, 0.29) is 12.5 Å². The normalized spacial score (nSPS) is 10.9. The zero-order chi connectivity index (χ0) is 15.4. The molecule has 0 fully saturated rings. The summed E-state index contributed by atoms with van der Waals surface area (Å²) in [6, 6.07) is 5.58. The van der Waals surface area contributed by atoms with Crippen LogP contribution in [0.25, 0.3) is 0 Å². The van der Waals surface area contributed by atoms with Crippen molar-refractivity contribution < 1.29 is 4.79 Å². The van der Waals surface area contributed by atoms with Gasteiger partial charge in [0.25, 0.3) is 0 Å². The molecule has 3 N–H and O–H groups in total. The molecule has 0 aliphatic carbocycles. The number of anilines is 2. The van der Waals surface area contributed by atoms with E-state index in [1.54, 1.807) is 6.20 Å². The van der Waals surface area contributed by atoms with Gasteiger partial charge in [0.1, 0.15) is 5.82 Å². The Morgan fingerprint density at radius 3 is 2.86 bits per heavy atom. The number of hydrogen-bond acceptors (Lipinski definition) is 4. The Labute approximate surface area is 124 Å². The predicted octanol–water partition coefficient (Wildman–Crippen LogP) is 1.38. The number of hydrogen-bond donors (Lipinski definition) is 2. The van der Waals surface area contributed by atoms with Gasteiger partial charge in [-0.05, 0) is 31.7 Å². The van der Waals surface area contributed by atoms with Crippen molar-refractivity contribution in [3.05, 3.63) is 42.0 Å². The minimum Gasteiger partial charge on any atom is -0.397 e. The quantitative estimate of drug-likeness (QED) is 0.815. The minimum atomic E-state index is -0.0951. The van der Waals surface area contributed by atoms with Gasteiger partial charge in [-0.1, -0.05) is 6.07 Å². The van der Waals surface area contributed by atoms with Crippen LogP contribution in [0.15, 0.2) is 30.6 Å². The number of aryl methyl sites for hydroxylation is 2. The number of carbonyl (C=O) groups is 1. The summed E-state index contributed by atoms with van der Waals surface area (Å²) in [5.74, 6) is 0.822. The molecular formula is C15H21N5O. The number of benzene rings is 1. The van der Waals surface area contributed by atoms with Gasteiger partial charge in [-0.3, -0.25) is 9.69 Å². The number of amides is 1. The molecule has 21 heavy (non-hydrogen) atoms. The van der Waals surface area contributed by atoms with Crippen LogP contribution in [0.4, 0.5) is 11.4 Å². The molecule has 1 amide bonds. The topological polar surface area (TPSA) is 76.2 Å². The van der Waals surface area contributed by atoms with Crippen molar-refractivity contribution in [1.82, 2.24) is 14.5 Å². The fourth-order valence-electron chi connectivity index (χ4n) is 2.08. The summed E-state index contributed by atoms with van der Waals surface area (Å²) < 4.78 is 1.94. The van der Waals surface area contributed by atoms with Crippen molar-refractivity contribution in [3.8, 4) is 0 Å². The standard InChI is InChI=1S/C15H21N5O/c1-11-4-5-13(12(16)8-11)18-15(21)10-19(2)9-14-17-6-7-20(14)3/h4-8H,9-10,16H2,1-3H3,(H,18,21). The fraction of sp³-hybridized carbons (Fsp3) is 0.333. The van der Waals surface area contributed by atoms with E-state index in [9.17, 15) is 4.79 Å². The van der Waals surface area contributed by atoms with Crippen molar-refractivity contribution in [3.63, 3.8) is 0 Å². The Hall–Kier alpha value is -2.34. The molecule has 6 heteroatoms. The van der Waals surface area contributed by atoms with Gasteiger partial charge in [0.2, 0.25) is 5.91 Å². The molecule has 0 unspecified atom stereocenters. The molecule has 0 saturated carbocycles. The van der Waals surface area contributed by atoms with Gasteiger partial charge in [-0.2, -0.15) is 0 Å². The van der Waals surface area contributed by atoms with Crippen molar-refractivity contribution in [2.75, 3.05) is 24.6 Å². The third-order valence-corrected chi connectivity index (χ3v) is 3.23. The van der Waals surface area contributed by atoms with Crippen LogP contribution in [-0.2, 0) is 18.4 Å². The van der Waals surface area contributed by atoms with Crippen LogP contribution in [0, 0.1) is 6.92 Å². The van der Waals surface area contributed by atoms with E-state index in [0.717, 1.165) is 11.4 Å². The van der Waals surface area contributed by atoms with Gasteiger partial charge in [0.05, 0.1) is 24.5 Å². The van der Waals surface area contributed by atoms with Gasteiger partial charge in [0, 0.05) is 19.4 Å². The molecule has 0 radical (unpaired) electrons. The lowest BCUT2D eigenvalue weighted by atomic mass is 10.2. The summed E-state index contributed by atoms with van der Waals surface area (Å²) >= 11 is 0. The molecule has 0 bridgehead atoms. The molecule has 0 aliphatic heterocycles. The Bertz CT molecular complexity index is 635. The number of likely N-dealkylation sites (N-methyl/N-ethyl adjacent to an activating group) is 1. The van der Waals surface area contributed by atoms with E-state index in [4.69, 9.17) is 5.73 Å². The highest BCUT2D eigenvalue weighted by molar-refractivity contribution is 5.95. The van der Waals surface area contributed by atoms with Crippen LogP contribution in [0.3, 0.4) is 0 Å². The molecule has 2 rings (SSSR count). The number of nitrogens with two attached hydrogens (primary N) is 1. The molecule has 6 nitrogen and oxygen atoms in total. The number of nitrogens with one attached hydrogen (secondary N) is 1. The summed E-state index contributed by atoms with van der Waals surface area (Å²) in [6.07, 6.45) is 3.63. The molecule has 0 atom stereocenters. The molecule has 0 aliphatic rings. The Kier molecular flexibility index (Phi) is 4.59. The first-order valence-electron chi connectivity index (χ1n) is 6.76. The molecule has 2 aromatic rings. The lowest BCUT2D eigenvalue weighted by Crippen LogP contribution is -2.30. The third kappa shape index (κ3) is 4.06. The van der Waals surface area contributed by atoms with Crippen LogP contribution in [-0.4, -0.2) is 34.0 Å². The third-order valence-electron chi connectivity index (χ3n) is 3.23. The molecular weight excluding hydrogens is 266 g/mol. The molecule has 0 saturated heterocycles. The van der Waals surface area contributed by atoms with Crippen molar-refractivity contribution in [2.45, 2.75) is 13.5 Å². The summed E-state index contributed by atoms with van der Waals surface area (Å²) in [5, 5.41) is 2.83. The van der Waals surface area contributed by atoms with Crippen molar-refractivity contribution in [2.24, 2.45) is 7.05 Å². The van der Waals surface area contributed by atoms with Crippen LogP contribution >= 0.6 is 0 Å². The minimum absolute atomic E-state index is 0.0951. The highest BCUT2D eigenvalue weighted by Crippen LogP contribution is 2.19. The van der Waals surface area contributed by atoms with Gasteiger partial charge in [-0.25, -0.2) is 4.98 Å². The Morgan fingerprint density at radius 1 is 1.48 bits per heavy atom. The highest BCUT2D eigenvalue weighted by atomic mass is 16.2. The van der Waals surface area contributed by atoms with E-state index in [1.165, 1.54) is 0 Å². The first kappa shape index (κ1) is 15.1. The maximum absolute atomic E-state index is 12.0. The molecule has 112 valence electrons. The number of carbonyl (C=O) groups excluding carboxylic acids is 1. The van der Waals surface area contributed by atoms with Crippen LogP contribution in [0.2, 0.25) is 0 Å². The van der Waals surface area contributed by atoms with Crippen LogP contribution < -0.4 is 11.1 Å². The van der Waals surface area contributed by atoms with E-state index < -0.39 is 0 Å². The molecule has 1 aromatic carbocycles. The monoisotopic (exact) mass is 287 g/mol. The Balaban J connectivity index is 1.90. The number of aromatic nitrogens is 2. The number of imidazole rings is 1. The SMILES string of the molecule is Cc1ccc(NC(=O)CN(C)Cc2nccn2C)c(N)c1. The average molecular weight is 287 g/mol. The summed E-state index contributed by atoms with van der Waals surface area (Å²) in [4.78, 5) is 18.2. The fourth-order valence-corrected chi connectivity index (χ4v) is 2.08. The van der Waals surface area contributed by atoms with Crippen LogP contribution in [0.1, 0.15) is 11.4 Å². The largest absolute Gasteiger partial charge is 0.397 e. The second-order valence-corrected chi connectivity index (χ2v) is 5.27. The van der Waals surface area contributed by atoms with Gasteiger partial charge in [-0.15, -0.1) is 0 Å². The first-order valence-corrected chi connectivity index (χ1v) is 6.76. The number of nitrogens with zero attached hydrogens (tertiary/aromatic N) is 3. The van der Waals surface area contributed by atoms with E-state index >= 15 is 0 Å². The lowest BCUT2D eigenvalue weighted by molar-refractivity contribution is -0.117. The first-order chi connectivity index (χ1) is 9.95. The molecule has 1 heterocycles. The summed E-state index contributed by atoms with van der Waals surface area (Å²) in [5.41, 5.74) is 8.18. The van der Waals surface area contributed by atoms with E-state index in [0.29, 0.717) is 17.9 Å². The van der Waals surface area contributed by atoms with Gasteiger partial charge in [0.15, 0.2) is 0 Å². The average Bonchev–Trinajstić information content (AvgIpc) is 2.78. The lowest BCUT2D eigenvalue weighted by Gasteiger charge is -2.16. The van der Waals surface area contributed by atoms with Gasteiger partial charge >= 0.3 is 0 Å². The summed E-state index contributed by atoms with van der Waals surface area (Å²) in [7, 11) is 3.82. The molecule has 1 aromatic heterocycles. The number of rotatable bonds is 5.